The van der Waals surface area contributed by atoms with Crippen LogP contribution in [-0.2, 0) is 0 Å². The van der Waals surface area contributed by atoms with E-state index in [0.717, 1.165) is 22.2 Å². The molecule has 2 N–H and O–H groups in total. The molecule has 0 aromatic heterocycles. The summed E-state index contributed by atoms with van der Waals surface area (Å²) in [6.07, 6.45) is 0.990. The number of nitrogens with two attached hydrogens (primary N) is 1. The van der Waals surface area contributed by atoms with Gasteiger partial charge in [0.1, 0.15) is 10.7 Å². The lowest BCUT2D eigenvalue weighted by molar-refractivity contribution is 0.315. The lowest BCUT2D eigenvalue weighted by atomic mass is 10.2. The second kappa shape index (κ2) is 5.32. The van der Waals surface area contributed by atoms with Gasteiger partial charge in [-0.1, -0.05) is 19.1 Å². The molecule has 0 bridgehead atoms. The first-order chi connectivity index (χ1) is 6.65. The van der Waals surface area contributed by atoms with Crippen molar-refractivity contribution in [2.24, 2.45) is 5.73 Å². The van der Waals surface area contributed by atoms with E-state index in [2.05, 4.69) is 22.9 Å². The summed E-state index contributed by atoms with van der Waals surface area (Å²) in [5.74, 6) is 0.826. The second-order valence-corrected chi connectivity index (χ2v) is 4.15. The summed E-state index contributed by atoms with van der Waals surface area (Å²) in [5, 5.41) is 0. The van der Waals surface area contributed by atoms with E-state index in [-0.39, 0.29) is 0 Å². The molecule has 0 aliphatic heterocycles. The molecule has 0 unspecified atom stereocenters. The van der Waals surface area contributed by atoms with Crippen LogP contribution in [0.15, 0.2) is 22.7 Å². The summed E-state index contributed by atoms with van der Waals surface area (Å²) in [6, 6.07) is 5.60. The van der Waals surface area contributed by atoms with Crippen LogP contribution in [0.4, 0.5) is 0 Å². The maximum atomic E-state index is 5.50. The summed E-state index contributed by atoms with van der Waals surface area (Å²) in [4.78, 5) is 0.396. The first kappa shape index (κ1) is 11.5. The number of halogens is 1. The molecule has 1 aromatic rings. The minimum Gasteiger partial charge on any atom is -0.492 e. The number of hydrogen-bond donors (Lipinski definition) is 1. The molecule has 0 heterocycles. The molecule has 0 amide bonds. The number of thiocarbonyl (C=S) groups is 1. The highest BCUT2D eigenvalue weighted by molar-refractivity contribution is 9.10. The lowest BCUT2D eigenvalue weighted by Crippen LogP contribution is -2.09. The minimum atomic E-state index is 0.396. The molecule has 0 spiro atoms. The van der Waals surface area contributed by atoms with Crippen molar-refractivity contribution in [2.45, 2.75) is 13.3 Å². The Bertz CT molecular complexity index is 341. The molecule has 0 saturated heterocycles. The van der Waals surface area contributed by atoms with Gasteiger partial charge in [-0.2, -0.15) is 0 Å². The normalized spacial score (nSPS) is 9.86. The van der Waals surface area contributed by atoms with Gasteiger partial charge in [0, 0.05) is 5.56 Å². The van der Waals surface area contributed by atoms with Gasteiger partial charge in [0.2, 0.25) is 0 Å². The van der Waals surface area contributed by atoms with Crippen molar-refractivity contribution >= 4 is 33.1 Å². The Labute approximate surface area is 97.6 Å². The molecule has 1 aromatic carbocycles. The predicted octanol–water partition coefficient (Wildman–Crippen LogP) is 2.87. The van der Waals surface area contributed by atoms with E-state index >= 15 is 0 Å². The van der Waals surface area contributed by atoms with E-state index in [1.807, 2.05) is 18.2 Å². The smallest absolute Gasteiger partial charge is 0.133 e. The largest absolute Gasteiger partial charge is 0.492 e. The van der Waals surface area contributed by atoms with Crippen LogP contribution in [0, 0.1) is 0 Å². The van der Waals surface area contributed by atoms with Gasteiger partial charge in [-0.05, 0) is 40.5 Å². The van der Waals surface area contributed by atoms with E-state index in [1.54, 1.807) is 0 Å². The fraction of sp³-hybridized carbons (Fsp3) is 0.300. The van der Waals surface area contributed by atoms with Crippen LogP contribution < -0.4 is 10.5 Å². The molecule has 76 valence electrons. The van der Waals surface area contributed by atoms with E-state index in [1.165, 1.54) is 0 Å². The highest BCUT2D eigenvalue weighted by Crippen LogP contribution is 2.26. The maximum Gasteiger partial charge on any atom is 0.133 e. The zero-order valence-electron chi connectivity index (χ0n) is 7.92. The van der Waals surface area contributed by atoms with Gasteiger partial charge in [0.05, 0.1) is 11.1 Å². The first-order valence-corrected chi connectivity index (χ1v) is 5.57. The van der Waals surface area contributed by atoms with Gasteiger partial charge in [-0.3, -0.25) is 0 Å². The molecule has 1 rings (SSSR count). The molecule has 4 heteroatoms. The van der Waals surface area contributed by atoms with E-state index in [0.29, 0.717) is 11.6 Å². The van der Waals surface area contributed by atoms with E-state index < -0.39 is 0 Å². The van der Waals surface area contributed by atoms with Crippen LogP contribution in [0.3, 0.4) is 0 Å². The zero-order chi connectivity index (χ0) is 10.6. The Hall–Kier alpha value is -0.610. The third kappa shape index (κ3) is 2.96. The number of ether oxygens (including phenoxy) is 1. The summed E-state index contributed by atoms with van der Waals surface area (Å²) >= 11 is 8.27. The van der Waals surface area contributed by atoms with E-state index in [4.69, 9.17) is 22.7 Å². The highest BCUT2D eigenvalue weighted by Gasteiger charge is 2.03. The second-order valence-electron chi connectivity index (χ2n) is 2.86. The molecule has 14 heavy (non-hydrogen) atoms. The van der Waals surface area contributed by atoms with Crippen LogP contribution in [0.25, 0.3) is 0 Å². The van der Waals surface area contributed by atoms with Crippen LogP contribution in [-0.4, -0.2) is 11.6 Å². The molecule has 0 aliphatic carbocycles. The molecule has 0 aliphatic rings. The Kier molecular flexibility index (Phi) is 4.35. The monoisotopic (exact) mass is 273 g/mol. The van der Waals surface area contributed by atoms with Crippen molar-refractivity contribution in [3.8, 4) is 5.75 Å². The van der Waals surface area contributed by atoms with Gasteiger partial charge in [-0.25, -0.2) is 0 Å². The van der Waals surface area contributed by atoms with Gasteiger partial charge in [0.15, 0.2) is 0 Å². The topological polar surface area (TPSA) is 35.2 Å². The van der Waals surface area contributed by atoms with Crippen molar-refractivity contribution in [3.63, 3.8) is 0 Å². The fourth-order valence-corrected chi connectivity index (χ4v) is 1.60. The molecule has 2 nitrogen and oxygen atoms in total. The van der Waals surface area contributed by atoms with Crippen LogP contribution in [0.5, 0.6) is 5.75 Å². The predicted molar refractivity (Wildman–Crippen MR) is 65.8 cm³/mol. The lowest BCUT2D eigenvalue weighted by Gasteiger charge is -2.07. The SMILES string of the molecule is CCCOc1ccc(C(N)=S)cc1Br. The molecular formula is C10H12BrNOS. The average Bonchev–Trinajstić information content (AvgIpc) is 2.15. The van der Waals surface area contributed by atoms with Crippen LogP contribution >= 0.6 is 28.1 Å². The van der Waals surface area contributed by atoms with Gasteiger partial charge >= 0.3 is 0 Å². The summed E-state index contributed by atoms with van der Waals surface area (Å²) in [6.45, 7) is 2.78. The Morgan fingerprint density at radius 3 is 2.79 bits per heavy atom. The third-order valence-corrected chi connectivity index (χ3v) is 2.53. The quantitative estimate of drug-likeness (QED) is 0.857. The molecule has 0 radical (unpaired) electrons. The van der Waals surface area contributed by atoms with Crippen molar-refractivity contribution in [1.29, 1.82) is 0 Å². The third-order valence-electron chi connectivity index (χ3n) is 1.68. The van der Waals surface area contributed by atoms with Crippen molar-refractivity contribution < 1.29 is 4.74 Å². The van der Waals surface area contributed by atoms with Crippen molar-refractivity contribution in [3.05, 3.63) is 28.2 Å². The molecule has 0 fully saturated rings. The highest BCUT2D eigenvalue weighted by atomic mass is 79.9. The summed E-state index contributed by atoms with van der Waals surface area (Å²) < 4.78 is 6.38. The maximum absolute atomic E-state index is 5.50. The molecule has 0 atom stereocenters. The average molecular weight is 274 g/mol. The Morgan fingerprint density at radius 2 is 2.29 bits per heavy atom. The van der Waals surface area contributed by atoms with Crippen LogP contribution in [0.2, 0.25) is 0 Å². The van der Waals surface area contributed by atoms with Gasteiger partial charge in [0.25, 0.3) is 0 Å². The Balaban J connectivity index is 2.84. The summed E-state index contributed by atoms with van der Waals surface area (Å²) in [5.41, 5.74) is 6.35. The standard InChI is InChI=1S/C10H12BrNOS/c1-2-5-13-9-4-3-7(10(12)14)6-8(9)11/h3-4,6H,2,5H2,1H3,(H2,12,14). The fourth-order valence-electron chi connectivity index (χ4n) is 0.983. The minimum absolute atomic E-state index is 0.396. The molecular weight excluding hydrogens is 262 g/mol. The summed E-state index contributed by atoms with van der Waals surface area (Å²) in [7, 11) is 0. The van der Waals surface area contributed by atoms with Gasteiger partial charge < -0.3 is 10.5 Å². The van der Waals surface area contributed by atoms with Crippen molar-refractivity contribution in [2.75, 3.05) is 6.61 Å². The number of rotatable bonds is 4. The van der Waals surface area contributed by atoms with Crippen molar-refractivity contribution in [1.82, 2.24) is 0 Å². The first-order valence-electron chi connectivity index (χ1n) is 4.37. The van der Waals surface area contributed by atoms with Crippen LogP contribution in [0.1, 0.15) is 18.9 Å². The number of hydrogen-bond acceptors (Lipinski definition) is 2. The molecule has 0 saturated carbocycles. The van der Waals surface area contributed by atoms with Gasteiger partial charge in [-0.15, -0.1) is 0 Å². The van der Waals surface area contributed by atoms with E-state index in [9.17, 15) is 0 Å². The Morgan fingerprint density at radius 1 is 1.57 bits per heavy atom. The zero-order valence-corrected chi connectivity index (χ0v) is 10.3. The number of benzene rings is 1.